The smallest absolute Gasteiger partial charge is 0.310 e. The van der Waals surface area contributed by atoms with Crippen LogP contribution in [0.3, 0.4) is 0 Å². The normalized spacial score (nSPS) is 18.6. The van der Waals surface area contributed by atoms with Gasteiger partial charge in [0, 0.05) is 30.8 Å². The topological polar surface area (TPSA) is 95.7 Å². The molecule has 1 atom stereocenters. The Balaban J connectivity index is 2.16. The number of carbonyl (C=O) groups is 1. The highest BCUT2D eigenvalue weighted by Crippen LogP contribution is 2.27. The molecule has 1 aromatic rings. The summed E-state index contributed by atoms with van der Waals surface area (Å²) in [6.45, 7) is 1.25. The van der Waals surface area contributed by atoms with E-state index in [1.807, 2.05) is 7.05 Å². The lowest BCUT2D eigenvalue weighted by Gasteiger charge is -2.16. The SMILES string of the molecule is CNC1CCN(C(=O)c2ccc([N+](=O)[O-])c(O)c2)C1. The zero-order valence-corrected chi connectivity index (χ0v) is 10.5. The zero-order chi connectivity index (χ0) is 14.0. The van der Waals surface area contributed by atoms with Crippen LogP contribution in [0.1, 0.15) is 16.8 Å². The average molecular weight is 265 g/mol. The number of likely N-dealkylation sites (N-methyl/N-ethyl adjacent to an activating group) is 1. The zero-order valence-electron chi connectivity index (χ0n) is 10.5. The van der Waals surface area contributed by atoms with Crippen molar-refractivity contribution in [3.63, 3.8) is 0 Å². The van der Waals surface area contributed by atoms with Gasteiger partial charge in [0.05, 0.1) is 4.92 Å². The van der Waals surface area contributed by atoms with E-state index in [1.54, 1.807) is 4.90 Å². The van der Waals surface area contributed by atoms with Gasteiger partial charge in [-0.1, -0.05) is 0 Å². The van der Waals surface area contributed by atoms with E-state index in [9.17, 15) is 20.0 Å². The maximum Gasteiger partial charge on any atom is 0.310 e. The number of phenolic OH excluding ortho intramolecular Hbond substituents is 1. The van der Waals surface area contributed by atoms with E-state index >= 15 is 0 Å². The maximum atomic E-state index is 12.2. The molecule has 0 radical (unpaired) electrons. The van der Waals surface area contributed by atoms with Gasteiger partial charge in [-0.15, -0.1) is 0 Å². The molecule has 1 aromatic carbocycles. The van der Waals surface area contributed by atoms with E-state index < -0.39 is 16.4 Å². The second-order valence-corrected chi connectivity index (χ2v) is 4.49. The monoisotopic (exact) mass is 265 g/mol. The molecule has 1 fully saturated rings. The number of nitro benzene ring substituents is 1. The second kappa shape index (κ2) is 5.23. The fourth-order valence-corrected chi connectivity index (χ4v) is 2.17. The third-order valence-corrected chi connectivity index (χ3v) is 3.30. The van der Waals surface area contributed by atoms with Crippen molar-refractivity contribution in [3.8, 4) is 5.75 Å². The molecule has 2 rings (SSSR count). The highest BCUT2D eigenvalue weighted by Gasteiger charge is 2.26. The van der Waals surface area contributed by atoms with Crippen LogP contribution in [0.5, 0.6) is 5.75 Å². The number of likely N-dealkylation sites (tertiary alicyclic amines) is 1. The lowest BCUT2D eigenvalue weighted by molar-refractivity contribution is -0.385. The molecular formula is C12H15N3O4. The van der Waals surface area contributed by atoms with Crippen molar-refractivity contribution < 1.29 is 14.8 Å². The van der Waals surface area contributed by atoms with Crippen LogP contribution in [0.15, 0.2) is 18.2 Å². The predicted octanol–water partition coefficient (Wildman–Crippen LogP) is 0.734. The van der Waals surface area contributed by atoms with Gasteiger partial charge in [0.2, 0.25) is 0 Å². The molecule has 7 nitrogen and oxygen atoms in total. The molecule has 102 valence electrons. The predicted molar refractivity (Wildman–Crippen MR) is 68.1 cm³/mol. The number of rotatable bonds is 3. The summed E-state index contributed by atoms with van der Waals surface area (Å²) in [5, 5.41) is 23.2. The van der Waals surface area contributed by atoms with Gasteiger partial charge >= 0.3 is 5.69 Å². The third kappa shape index (κ3) is 2.65. The first-order valence-corrected chi connectivity index (χ1v) is 5.97. The van der Waals surface area contributed by atoms with E-state index in [1.165, 1.54) is 6.07 Å². The lowest BCUT2D eigenvalue weighted by atomic mass is 10.1. The number of carbonyl (C=O) groups excluding carboxylic acids is 1. The molecule has 19 heavy (non-hydrogen) atoms. The number of hydrogen-bond acceptors (Lipinski definition) is 5. The summed E-state index contributed by atoms with van der Waals surface area (Å²) in [6.07, 6.45) is 0.876. The maximum absolute atomic E-state index is 12.2. The van der Waals surface area contributed by atoms with Crippen LogP contribution in [0.4, 0.5) is 5.69 Å². The Bertz CT molecular complexity index is 518. The lowest BCUT2D eigenvalue weighted by Crippen LogP contribution is -2.33. The Morgan fingerprint density at radius 3 is 2.84 bits per heavy atom. The van der Waals surface area contributed by atoms with Crippen LogP contribution in [-0.4, -0.2) is 47.0 Å². The van der Waals surface area contributed by atoms with Gasteiger partial charge in [-0.3, -0.25) is 14.9 Å². The molecule has 1 aliphatic rings. The highest BCUT2D eigenvalue weighted by atomic mass is 16.6. The number of hydrogen-bond donors (Lipinski definition) is 2. The Hall–Kier alpha value is -2.15. The number of nitro groups is 1. The summed E-state index contributed by atoms with van der Waals surface area (Å²) in [5.41, 5.74) is -0.133. The molecule has 1 saturated heterocycles. The summed E-state index contributed by atoms with van der Waals surface area (Å²) >= 11 is 0. The fraction of sp³-hybridized carbons (Fsp3) is 0.417. The van der Waals surface area contributed by atoms with Crippen LogP contribution < -0.4 is 5.32 Å². The number of nitrogens with one attached hydrogen (secondary N) is 1. The number of phenols is 1. The van der Waals surface area contributed by atoms with Crippen molar-refractivity contribution in [2.24, 2.45) is 0 Å². The van der Waals surface area contributed by atoms with E-state index in [2.05, 4.69) is 5.32 Å². The number of nitrogens with zero attached hydrogens (tertiary/aromatic N) is 2. The molecule has 2 N–H and O–H groups in total. The summed E-state index contributed by atoms with van der Waals surface area (Å²) in [4.78, 5) is 23.7. The van der Waals surface area contributed by atoms with Gasteiger partial charge < -0.3 is 15.3 Å². The van der Waals surface area contributed by atoms with E-state index in [0.717, 1.165) is 18.6 Å². The standard InChI is InChI=1S/C12H15N3O4/c1-13-9-4-5-14(7-9)12(17)8-2-3-10(15(18)19)11(16)6-8/h2-3,6,9,13,16H,4-5,7H2,1H3. The molecule has 0 saturated carbocycles. The minimum Gasteiger partial charge on any atom is -0.502 e. The van der Waals surface area contributed by atoms with Gasteiger partial charge in [0.1, 0.15) is 0 Å². The van der Waals surface area contributed by atoms with E-state index in [0.29, 0.717) is 13.1 Å². The Morgan fingerprint density at radius 1 is 1.58 bits per heavy atom. The van der Waals surface area contributed by atoms with Gasteiger partial charge in [0.25, 0.3) is 5.91 Å². The van der Waals surface area contributed by atoms with Crippen LogP contribution in [-0.2, 0) is 0 Å². The minimum absolute atomic E-state index is 0.219. The van der Waals surface area contributed by atoms with E-state index in [-0.39, 0.29) is 17.5 Å². The Kier molecular flexibility index (Phi) is 3.66. The van der Waals surface area contributed by atoms with Crippen LogP contribution in [0, 0.1) is 10.1 Å². The summed E-state index contributed by atoms with van der Waals surface area (Å²) in [7, 11) is 1.84. The fourth-order valence-electron chi connectivity index (χ4n) is 2.17. The molecule has 1 amide bonds. The average Bonchev–Trinajstić information content (AvgIpc) is 2.86. The molecule has 0 aliphatic carbocycles. The van der Waals surface area contributed by atoms with Crippen molar-refractivity contribution in [3.05, 3.63) is 33.9 Å². The van der Waals surface area contributed by atoms with Crippen molar-refractivity contribution in [2.75, 3.05) is 20.1 Å². The first kappa shape index (κ1) is 13.3. The van der Waals surface area contributed by atoms with Crippen LogP contribution in [0.25, 0.3) is 0 Å². The van der Waals surface area contributed by atoms with Crippen molar-refractivity contribution in [1.29, 1.82) is 0 Å². The number of benzene rings is 1. The summed E-state index contributed by atoms with van der Waals surface area (Å²) in [6, 6.07) is 3.93. The molecular weight excluding hydrogens is 250 g/mol. The van der Waals surface area contributed by atoms with Crippen molar-refractivity contribution in [1.82, 2.24) is 10.2 Å². The molecule has 0 bridgehead atoms. The van der Waals surface area contributed by atoms with Gasteiger partial charge in [-0.2, -0.15) is 0 Å². The van der Waals surface area contributed by atoms with Crippen LogP contribution in [0.2, 0.25) is 0 Å². The van der Waals surface area contributed by atoms with Gasteiger partial charge in [-0.05, 0) is 25.6 Å². The van der Waals surface area contributed by atoms with E-state index in [4.69, 9.17) is 0 Å². The molecule has 7 heteroatoms. The summed E-state index contributed by atoms with van der Waals surface area (Å²) < 4.78 is 0. The van der Waals surface area contributed by atoms with Crippen LogP contribution >= 0.6 is 0 Å². The quantitative estimate of drug-likeness (QED) is 0.620. The molecule has 1 unspecified atom stereocenters. The summed E-state index contributed by atoms with van der Waals surface area (Å²) in [5.74, 6) is -0.705. The Morgan fingerprint density at radius 2 is 2.32 bits per heavy atom. The molecule has 0 aromatic heterocycles. The number of amides is 1. The van der Waals surface area contributed by atoms with Gasteiger partial charge in [-0.25, -0.2) is 0 Å². The molecule has 1 heterocycles. The third-order valence-electron chi connectivity index (χ3n) is 3.30. The second-order valence-electron chi connectivity index (χ2n) is 4.49. The Labute approximate surface area is 110 Å². The first-order valence-electron chi connectivity index (χ1n) is 5.97. The van der Waals surface area contributed by atoms with Gasteiger partial charge in [0.15, 0.2) is 5.75 Å². The first-order chi connectivity index (χ1) is 9.02. The minimum atomic E-state index is -0.684. The highest BCUT2D eigenvalue weighted by molar-refractivity contribution is 5.95. The molecule has 0 spiro atoms. The number of aromatic hydroxyl groups is 1. The van der Waals surface area contributed by atoms with Crippen molar-refractivity contribution in [2.45, 2.75) is 12.5 Å². The largest absolute Gasteiger partial charge is 0.502 e. The molecule has 1 aliphatic heterocycles. The van der Waals surface area contributed by atoms with Crippen molar-refractivity contribution >= 4 is 11.6 Å².